The highest BCUT2D eigenvalue weighted by Crippen LogP contribution is 2.08. The summed E-state index contributed by atoms with van der Waals surface area (Å²) in [5.41, 5.74) is 1.34. The Balaban J connectivity index is 2.65. The largest absolute Gasteiger partial charge is 0.385 e. The molecule has 0 aliphatic carbocycles. The summed E-state index contributed by atoms with van der Waals surface area (Å²) in [6.07, 6.45) is 3.51. The summed E-state index contributed by atoms with van der Waals surface area (Å²) in [6.45, 7) is 5.50. The number of nitrogens with one attached hydrogen (secondary N) is 2. The molecule has 0 aliphatic rings. The third kappa shape index (κ3) is 5.26. The molecule has 1 amide bonds. The molecule has 1 atom stereocenters. The van der Waals surface area contributed by atoms with Gasteiger partial charge in [0.25, 0.3) is 5.91 Å². The highest BCUT2D eigenvalue weighted by atomic mass is 16.5. The van der Waals surface area contributed by atoms with Crippen LogP contribution in [-0.4, -0.2) is 37.2 Å². The van der Waals surface area contributed by atoms with Crippen LogP contribution < -0.4 is 10.6 Å². The Morgan fingerprint density at radius 3 is 2.89 bits per heavy atom. The van der Waals surface area contributed by atoms with Gasteiger partial charge in [-0.15, -0.1) is 0 Å². The summed E-state index contributed by atoms with van der Waals surface area (Å²) < 4.78 is 5.06. The highest BCUT2D eigenvalue weighted by molar-refractivity contribution is 5.93. The molecular formula is C14H23N3O2. The van der Waals surface area contributed by atoms with Crippen LogP contribution in [-0.2, 0) is 4.74 Å². The predicted octanol–water partition coefficient (Wildman–Crippen LogP) is 2.06. The number of anilines is 1. The van der Waals surface area contributed by atoms with E-state index in [1.165, 1.54) is 0 Å². The molecule has 0 aromatic carbocycles. The van der Waals surface area contributed by atoms with Crippen LogP contribution in [0, 0.1) is 0 Å². The van der Waals surface area contributed by atoms with Crippen molar-refractivity contribution < 1.29 is 9.53 Å². The fourth-order valence-corrected chi connectivity index (χ4v) is 1.66. The van der Waals surface area contributed by atoms with Gasteiger partial charge in [-0.1, -0.05) is 13.8 Å². The van der Waals surface area contributed by atoms with Gasteiger partial charge in [-0.25, -0.2) is 0 Å². The van der Waals surface area contributed by atoms with Crippen molar-refractivity contribution in [3.05, 3.63) is 24.0 Å². The molecule has 19 heavy (non-hydrogen) atoms. The summed E-state index contributed by atoms with van der Waals surface area (Å²) in [5.74, 6) is -0.163. The smallest absolute Gasteiger partial charge is 0.270 e. The summed E-state index contributed by atoms with van der Waals surface area (Å²) in [7, 11) is 1.63. The van der Waals surface area contributed by atoms with Crippen LogP contribution in [0.2, 0.25) is 0 Å². The molecular weight excluding hydrogens is 242 g/mol. The van der Waals surface area contributed by atoms with Crippen LogP contribution in [0.3, 0.4) is 0 Å². The number of hydrogen-bond donors (Lipinski definition) is 2. The topological polar surface area (TPSA) is 63.2 Å². The molecule has 5 heteroatoms. The Bertz CT molecular complexity index is 396. The highest BCUT2D eigenvalue weighted by Gasteiger charge is 2.13. The SMILES string of the molecule is CCCNc1ccnc(C(=O)NC(CC)COC)c1. The third-order valence-corrected chi connectivity index (χ3v) is 2.77. The predicted molar refractivity (Wildman–Crippen MR) is 76.4 cm³/mol. The van der Waals surface area contributed by atoms with E-state index in [1.54, 1.807) is 19.4 Å². The van der Waals surface area contributed by atoms with Gasteiger partial charge in [-0.05, 0) is 25.0 Å². The zero-order valence-corrected chi connectivity index (χ0v) is 11.9. The van der Waals surface area contributed by atoms with E-state index in [1.807, 2.05) is 13.0 Å². The lowest BCUT2D eigenvalue weighted by molar-refractivity contribution is 0.0889. The van der Waals surface area contributed by atoms with Crippen LogP contribution in [0.5, 0.6) is 0 Å². The van der Waals surface area contributed by atoms with E-state index in [2.05, 4.69) is 22.5 Å². The Morgan fingerprint density at radius 1 is 1.47 bits per heavy atom. The molecule has 1 aromatic rings. The van der Waals surface area contributed by atoms with Crippen molar-refractivity contribution in [3.63, 3.8) is 0 Å². The van der Waals surface area contributed by atoms with Crippen LogP contribution >= 0.6 is 0 Å². The first-order valence-corrected chi connectivity index (χ1v) is 6.71. The molecule has 0 spiro atoms. The van der Waals surface area contributed by atoms with Crippen molar-refractivity contribution in [1.82, 2.24) is 10.3 Å². The van der Waals surface area contributed by atoms with Gasteiger partial charge in [0.2, 0.25) is 0 Å². The van der Waals surface area contributed by atoms with Gasteiger partial charge in [0.05, 0.1) is 12.6 Å². The first kappa shape index (κ1) is 15.4. The summed E-state index contributed by atoms with van der Waals surface area (Å²) in [4.78, 5) is 16.2. The van der Waals surface area contributed by atoms with Crippen molar-refractivity contribution in [2.45, 2.75) is 32.7 Å². The van der Waals surface area contributed by atoms with Crippen molar-refractivity contribution in [3.8, 4) is 0 Å². The van der Waals surface area contributed by atoms with Gasteiger partial charge < -0.3 is 15.4 Å². The molecule has 0 radical (unpaired) electrons. The van der Waals surface area contributed by atoms with Crippen LogP contribution in [0.15, 0.2) is 18.3 Å². The van der Waals surface area contributed by atoms with Crippen LogP contribution in [0.1, 0.15) is 37.2 Å². The number of pyridine rings is 1. The van der Waals surface area contributed by atoms with Crippen molar-refractivity contribution in [2.75, 3.05) is 25.6 Å². The Morgan fingerprint density at radius 2 is 2.26 bits per heavy atom. The number of ether oxygens (including phenoxy) is 1. The van der Waals surface area contributed by atoms with Crippen LogP contribution in [0.4, 0.5) is 5.69 Å². The lowest BCUT2D eigenvalue weighted by Gasteiger charge is -2.15. The van der Waals surface area contributed by atoms with E-state index < -0.39 is 0 Å². The fourth-order valence-electron chi connectivity index (χ4n) is 1.66. The average Bonchev–Trinajstić information content (AvgIpc) is 2.44. The number of rotatable bonds is 8. The fraction of sp³-hybridized carbons (Fsp3) is 0.571. The molecule has 0 fully saturated rings. The molecule has 0 saturated carbocycles. The molecule has 1 rings (SSSR count). The number of amides is 1. The normalized spacial score (nSPS) is 11.9. The van der Waals surface area contributed by atoms with Gasteiger partial charge in [0, 0.05) is 25.5 Å². The van der Waals surface area contributed by atoms with E-state index in [-0.39, 0.29) is 11.9 Å². The summed E-state index contributed by atoms with van der Waals surface area (Å²) >= 11 is 0. The quantitative estimate of drug-likeness (QED) is 0.755. The zero-order valence-electron chi connectivity index (χ0n) is 11.9. The number of hydrogen-bond acceptors (Lipinski definition) is 4. The number of nitrogens with zero attached hydrogens (tertiary/aromatic N) is 1. The van der Waals surface area contributed by atoms with Crippen molar-refractivity contribution in [2.24, 2.45) is 0 Å². The van der Waals surface area contributed by atoms with Gasteiger partial charge in [0.1, 0.15) is 5.69 Å². The molecule has 5 nitrogen and oxygen atoms in total. The maximum atomic E-state index is 12.1. The first-order chi connectivity index (χ1) is 9.21. The Hall–Kier alpha value is -1.62. The zero-order chi connectivity index (χ0) is 14.1. The van der Waals surface area contributed by atoms with Gasteiger partial charge in [0.15, 0.2) is 0 Å². The Labute approximate surface area is 114 Å². The first-order valence-electron chi connectivity index (χ1n) is 6.71. The van der Waals surface area contributed by atoms with E-state index in [9.17, 15) is 4.79 Å². The average molecular weight is 265 g/mol. The molecule has 1 aromatic heterocycles. The molecule has 106 valence electrons. The monoisotopic (exact) mass is 265 g/mol. The maximum absolute atomic E-state index is 12.1. The number of carbonyl (C=O) groups is 1. The molecule has 1 heterocycles. The second-order valence-corrected chi connectivity index (χ2v) is 4.39. The third-order valence-electron chi connectivity index (χ3n) is 2.77. The lowest BCUT2D eigenvalue weighted by Crippen LogP contribution is -2.37. The van der Waals surface area contributed by atoms with E-state index in [4.69, 9.17) is 4.74 Å². The maximum Gasteiger partial charge on any atom is 0.270 e. The van der Waals surface area contributed by atoms with Gasteiger partial charge in [-0.2, -0.15) is 0 Å². The molecule has 0 bridgehead atoms. The molecule has 0 aliphatic heterocycles. The second-order valence-electron chi connectivity index (χ2n) is 4.39. The van der Waals surface area contributed by atoms with E-state index in [0.29, 0.717) is 12.3 Å². The number of carbonyl (C=O) groups excluding carboxylic acids is 1. The Kier molecular flexibility index (Phi) is 6.89. The van der Waals surface area contributed by atoms with Gasteiger partial charge >= 0.3 is 0 Å². The minimum atomic E-state index is -0.163. The second kappa shape index (κ2) is 8.48. The summed E-state index contributed by atoms with van der Waals surface area (Å²) in [5, 5.41) is 6.15. The van der Waals surface area contributed by atoms with Gasteiger partial charge in [-0.3, -0.25) is 9.78 Å². The number of methoxy groups -OCH3 is 1. The molecule has 1 unspecified atom stereocenters. The summed E-state index contributed by atoms with van der Waals surface area (Å²) in [6, 6.07) is 3.65. The van der Waals surface area contributed by atoms with Crippen LogP contribution in [0.25, 0.3) is 0 Å². The standard InChI is InChI=1S/C14H23N3O2/c1-4-7-15-12-6-8-16-13(9-12)14(18)17-11(5-2)10-19-3/h6,8-9,11H,4-5,7,10H2,1-3H3,(H,15,16)(H,17,18). The van der Waals surface area contributed by atoms with E-state index in [0.717, 1.165) is 25.1 Å². The number of aromatic nitrogens is 1. The van der Waals surface area contributed by atoms with Crippen molar-refractivity contribution in [1.29, 1.82) is 0 Å². The van der Waals surface area contributed by atoms with Crippen molar-refractivity contribution >= 4 is 11.6 Å². The lowest BCUT2D eigenvalue weighted by atomic mass is 10.2. The molecule has 2 N–H and O–H groups in total. The van der Waals surface area contributed by atoms with E-state index >= 15 is 0 Å². The minimum absolute atomic E-state index is 0.0200. The minimum Gasteiger partial charge on any atom is -0.385 e. The molecule has 0 saturated heterocycles.